The number of aryl methyl sites for hydroxylation is 2. The molecule has 16 heavy (non-hydrogen) atoms. The highest BCUT2D eigenvalue weighted by Crippen LogP contribution is 2.25. The first-order chi connectivity index (χ1) is 7.23. The zero-order valence-corrected chi connectivity index (χ0v) is 9.22. The highest BCUT2D eigenvalue weighted by atomic mass is 19.4. The summed E-state index contributed by atoms with van der Waals surface area (Å²) in [6.07, 6.45) is -4.84. The summed E-state index contributed by atoms with van der Waals surface area (Å²) < 4.78 is 36.7. The quantitative estimate of drug-likeness (QED) is 0.727. The fraction of sp³-hybridized carbons (Fsp3) is 0.364. The largest absolute Gasteiger partial charge is 0.471 e. The Morgan fingerprint density at radius 1 is 1.25 bits per heavy atom. The van der Waals surface area contributed by atoms with E-state index in [1.165, 1.54) is 0 Å². The lowest BCUT2D eigenvalue weighted by Crippen LogP contribution is -2.38. The molecule has 0 bridgehead atoms. The Morgan fingerprint density at radius 3 is 2.31 bits per heavy atom. The summed E-state index contributed by atoms with van der Waals surface area (Å²) in [6.45, 7) is 3.42. The van der Waals surface area contributed by atoms with Crippen molar-refractivity contribution in [2.75, 3.05) is 11.9 Å². The molecule has 0 unspecified atom stereocenters. The van der Waals surface area contributed by atoms with Crippen LogP contribution in [0, 0.1) is 13.8 Å². The predicted octanol–water partition coefficient (Wildman–Crippen LogP) is 2.83. The number of hydrogen-bond acceptors (Lipinski definition) is 1. The number of carbonyl (C=O) groups excluding carboxylic acids is 1. The van der Waals surface area contributed by atoms with Crippen molar-refractivity contribution in [2.24, 2.45) is 0 Å². The number of anilines is 1. The van der Waals surface area contributed by atoms with Gasteiger partial charge in [0.15, 0.2) is 0 Å². The van der Waals surface area contributed by atoms with Crippen LogP contribution in [0.5, 0.6) is 0 Å². The van der Waals surface area contributed by atoms with E-state index < -0.39 is 12.1 Å². The Kier molecular flexibility index (Phi) is 3.26. The van der Waals surface area contributed by atoms with Crippen LogP contribution in [0.25, 0.3) is 0 Å². The van der Waals surface area contributed by atoms with E-state index >= 15 is 0 Å². The van der Waals surface area contributed by atoms with Crippen molar-refractivity contribution >= 4 is 11.6 Å². The smallest absolute Gasteiger partial charge is 0.307 e. The van der Waals surface area contributed by atoms with Gasteiger partial charge in [-0.2, -0.15) is 13.2 Å². The highest BCUT2D eigenvalue weighted by molar-refractivity contribution is 5.97. The fourth-order valence-electron chi connectivity index (χ4n) is 1.38. The number of benzene rings is 1. The number of rotatable bonds is 1. The monoisotopic (exact) mass is 231 g/mol. The molecule has 1 rings (SSSR count). The molecule has 0 N–H and O–H groups in total. The first-order valence-corrected chi connectivity index (χ1v) is 4.65. The minimum atomic E-state index is -4.84. The molecular formula is C11H12F3NO. The molecule has 0 radical (unpaired) electrons. The Labute approximate surface area is 91.7 Å². The van der Waals surface area contributed by atoms with Crippen LogP contribution in [0.15, 0.2) is 18.2 Å². The molecule has 0 aromatic heterocycles. The molecular weight excluding hydrogens is 219 g/mol. The molecule has 0 aliphatic heterocycles. The normalized spacial score (nSPS) is 11.4. The summed E-state index contributed by atoms with van der Waals surface area (Å²) in [6, 6.07) is 5.02. The van der Waals surface area contributed by atoms with Gasteiger partial charge in [-0.3, -0.25) is 4.79 Å². The third-order valence-corrected chi connectivity index (χ3v) is 2.27. The fourth-order valence-corrected chi connectivity index (χ4v) is 1.38. The molecule has 0 aliphatic carbocycles. The number of carbonyl (C=O) groups is 1. The lowest BCUT2D eigenvalue weighted by Gasteiger charge is -2.21. The summed E-state index contributed by atoms with van der Waals surface area (Å²) in [5.74, 6) is -1.86. The third kappa shape index (κ3) is 2.53. The van der Waals surface area contributed by atoms with Crippen LogP contribution in [0.2, 0.25) is 0 Å². The first kappa shape index (κ1) is 12.5. The molecule has 1 aromatic carbocycles. The molecule has 0 atom stereocenters. The summed E-state index contributed by atoms with van der Waals surface area (Å²) in [7, 11) is 1.12. The van der Waals surface area contributed by atoms with Gasteiger partial charge in [-0.05, 0) is 31.0 Å². The molecule has 1 aromatic rings. The van der Waals surface area contributed by atoms with Crippen LogP contribution in [0.1, 0.15) is 11.1 Å². The van der Waals surface area contributed by atoms with Crippen LogP contribution in [0.4, 0.5) is 18.9 Å². The van der Waals surface area contributed by atoms with Gasteiger partial charge in [-0.1, -0.05) is 12.1 Å². The lowest BCUT2D eigenvalue weighted by molar-refractivity contribution is -0.170. The maximum absolute atomic E-state index is 12.2. The lowest BCUT2D eigenvalue weighted by atomic mass is 10.1. The zero-order valence-electron chi connectivity index (χ0n) is 9.22. The topological polar surface area (TPSA) is 20.3 Å². The Balaban J connectivity index is 3.10. The van der Waals surface area contributed by atoms with E-state index in [9.17, 15) is 18.0 Å². The van der Waals surface area contributed by atoms with Crippen molar-refractivity contribution in [1.29, 1.82) is 0 Å². The van der Waals surface area contributed by atoms with Gasteiger partial charge in [-0.25, -0.2) is 0 Å². The van der Waals surface area contributed by atoms with Gasteiger partial charge >= 0.3 is 12.1 Å². The van der Waals surface area contributed by atoms with Gasteiger partial charge in [0.05, 0.1) is 0 Å². The second-order valence-electron chi connectivity index (χ2n) is 3.65. The van der Waals surface area contributed by atoms with Crippen LogP contribution < -0.4 is 4.90 Å². The molecule has 5 heteroatoms. The van der Waals surface area contributed by atoms with Gasteiger partial charge < -0.3 is 4.90 Å². The number of alkyl halides is 3. The van der Waals surface area contributed by atoms with Crippen molar-refractivity contribution in [1.82, 2.24) is 0 Å². The minimum absolute atomic E-state index is 0.280. The Morgan fingerprint density at radius 2 is 1.81 bits per heavy atom. The molecule has 0 saturated carbocycles. The second-order valence-corrected chi connectivity index (χ2v) is 3.65. The number of amides is 1. The van der Waals surface area contributed by atoms with Crippen LogP contribution in [-0.4, -0.2) is 19.1 Å². The molecule has 88 valence electrons. The van der Waals surface area contributed by atoms with E-state index in [4.69, 9.17) is 0 Å². The summed E-state index contributed by atoms with van der Waals surface area (Å²) in [5, 5.41) is 0. The van der Waals surface area contributed by atoms with E-state index in [-0.39, 0.29) is 5.69 Å². The Hall–Kier alpha value is -1.52. The summed E-state index contributed by atoms with van der Waals surface area (Å²) in [4.78, 5) is 11.7. The average molecular weight is 231 g/mol. The SMILES string of the molecule is Cc1ccc(C)c(N(C)C(=O)C(F)(F)F)c1. The summed E-state index contributed by atoms with van der Waals surface area (Å²) in [5.41, 5.74) is 1.72. The van der Waals surface area contributed by atoms with Crippen molar-refractivity contribution in [3.63, 3.8) is 0 Å². The molecule has 2 nitrogen and oxygen atoms in total. The van der Waals surface area contributed by atoms with Crippen LogP contribution in [-0.2, 0) is 4.79 Å². The van der Waals surface area contributed by atoms with Gasteiger partial charge in [0, 0.05) is 12.7 Å². The minimum Gasteiger partial charge on any atom is -0.307 e. The van der Waals surface area contributed by atoms with Gasteiger partial charge in [-0.15, -0.1) is 0 Å². The maximum Gasteiger partial charge on any atom is 0.471 e. The molecule has 1 amide bonds. The molecule has 0 aliphatic rings. The van der Waals surface area contributed by atoms with Gasteiger partial charge in [0.25, 0.3) is 0 Å². The molecule has 0 heterocycles. The van der Waals surface area contributed by atoms with Crippen LogP contribution in [0.3, 0.4) is 0 Å². The van der Waals surface area contributed by atoms with E-state index in [2.05, 4.69) is 0 Å². The van der Waals surface area contributed by atoms with Crippen molar-refractivity contribution in [3.8, 4) is 0 Å². The molecule has 0 saturated heterocycles. The molecule has 0 fully saturated rings. The van der Waals surface area contributed by atoms with Crippen molar-refractivity contribution in [3.05, 3.63) is 29.3 Å². The highest BCUT2D eigenvalue weighted by Gasteiger charge is 2.41. The number of nitrogens with zero attached hydrogens (tertiary/aromatic N) is 1. The number of hydrogen-bond donors (Lipinski definition) is 0. The van der Waals surface area contributed by atoms with E-state index in [1.807, 2.05) is 0 Å². The van der Waals surface area contributed by atoms with E-state index in [1.54, 1.807) is 32.0 Å². The van der Waals surface area contributed by atoms with Crippen molar-refractivity contribution < 1.29 is 18.0 Å². The summed E-state index contributed by atoms with van der Waals surface area (Å²) >= 11 is 0. The Bertz CT molecular complexity index is 412. The van der Waals surface area contributed by atoms with Crippen molar-refractivity contribution in [2.45, 2.75) is 20.0 Å². The molecule has 0 spiro atoms. The maximum atomic E-state index is 12.2. The zero-order chi connectivity index (χ0) is 12.5. The number of halogens is 3. The van der Waals surface area contributed by atoms with E-state index in [0.717, 1.165) is 12.6 Å². The predicted molar refractivity (Wildman–Crippen MR) is 55.4 cm³/mol. The first-order valence-electron chi connectivity index (χ1n) is 4.65. The average Bonchev–Trinajstić information content (AvgIpc) is 2.18. The van der Waals surface area contributed by atoms with Crippen LogP contribution >= 0.6 is 0 Å². The van der Waals surface area contributed by atoms with E-state index in [0.29, 0.717) is 10.5 Å². The second kappa shape index (κ2) is 4.15. The van der Waals surface area contributed by atoms with Gasteiger partial charge in [0.1, 0.15) is 0 Å². The van der Waals surface area contributed by atoms with Gasteiger partial charge in [0.2, 0.25) is 0 Å². The third-order valence-electron chi connectivity index (χ3n) is 2.27. The standard InChI is InChI=1S/C11H12F3NO/c1-7-4-5-8(2)9(6-7)15(3)10(16)11(12,13)14/h4-6H,1-3H3.